The number of piperazine rings is 1. The van der Waals surface area contributed by atoms with Gasteiger partial charge in [0.05, 0.1) is 6.54 Å². The van der Waals surface area contributed by atoms with E-state index in [-0.39, 0.29) is 0 Å². The second-order valence-electron chi connectivity index (χ2n) is 7.52. The maximum absolute atomic E-state index is 4.55. The van der Waals surface area contributed by atoms with Crippen molar-refractivity contribution in [3.8, 4) is 0 Å². The standard InChI is InChI=1S/C17H32N6/c1-14(2)23-7-5-15(6-8-23)17-19-18-16(21(17)4)13-22-11-9-20(3)10-12-22/h14-15H,5-13H2,1-4H3. The maximum Gasteiger partial charge on any atom is 0.146 e. The van der Waals surface area contributed by atoms with Crippen molar-refractivity contribution >= 4 is 0 Å². The summed E-state index contributed by atoms with van der Waals surface area (Å²) in [7, 11) is 4.34. The van der Waals surface area contributed by atoms with Gasteiger partial charge in [-0.05, 0) is 46.8 Å². The van der Waals surface area contributed by atoms with Gasteiger partial charge in [0.15, 0.2) is 0 Å². The zero-order chi connectivity index (χ0) is 16.4. The smallest absolute Gasteiger partial charge is 0.146 e. The lowest BCUT2D eigenvalue weighted by molar-refractivity contribution is 0.144. The summed E-state index contributed by atoms with van der Waals surface area (Å²) >= 11 is 0. The SMILES string of the molecule is CC(C)N1CCC(c2nnc(CN3CCN(C)CC3)n2C)CC1. The number of aromatic nitrogens is 3. The molecule has 1 aromatic rings. The van der Waals surface area contributed by atoms with Crippen molar-refractivity contribution in [3.63, 3.8) is 0 Å². The maximum atomic E-state index is 4.55. The zero-order valence-electron chi connectivity index (χ0n) is 15.2. The van der Waals surface area contributed by atoms with Crippen molar-refractivity contribution in [2.75, 3.05) is 46.3 Å². The van der Waals surface area contributed by atoms with Crippen molar-refractivity contribution in [1.29, 1.82) is 0 Å². The molecule has 6 nitrogen and oxygen atoms in total. The number of hydrogen-bond acceptors (Lipinski definition) is 5. The highest BCUT2D eigenvalue weighted by Gasteiger charge is 2.26. The van der Waals surface area contributed by atoms with E-state index in [1.807, 2.05) is 0 Å². The highest BCUT2D eigenvalue weighted by molar-refractivity contribution is 5.03. The fourth-order valence-electron chi connectivity index (χ4n) is 3.75. The van der Waals surface area contributed by atoms with Crippen molar-refractivity contribution in [2.45, 2.75) is 45.2 Å². The minimum absolute atomic E-state index is 0.573. The molecule has 2 aliphatic rings. The number of piperidine rings is 1. The van der Waals surface area contributed by atoms with E-state index in [0.29, 0.717) is 12.0 Å². The van der Waals surface area contributed by atoms with E-state index in [1.165, 1.54) is 31.8 Å². The van der Waals surface area contributed by atoms with E-state index in [2.05, 4.69) is 57.4 Å². The molecule has 1 aromatic heterocycles. The Morgan fingerprint density at radius 2 is 1.61 bits per heavy atom. The lowest BCUT2D eigenvalue weighted by atomic mass is 9.95. The average Bonchev–Trinajstić information content (AvgIpc) is 2.90. The Hall–Kier alpha value is -0.980. The van der Waals surface area contributed by atoms with Gasteiger partial charge in [0.2, 0.25) is 0 Å². The van der Waals surface area contributed by atoms with Crippen LogP contribution in [0.5, 0.6) is 0 Å². The van der Waals surface area contributed by atoms with Crippen LogP contribution >= 0.6 is 0 Å². The Morgan fingerprint density at radius 1 is 0.957 bits per heavy atom. The van der Waals surface area contributed by atoms with Crippen LogP contribution in [-0.4, -0.2) is 81.8 Å². The molecule has 6 heteroatoms. The molecule has 0 aliphatic carbocycles. The van der Waals surface area contributed by atoms with Crippen LogP contribution in [0, 0.1) is 0 Å². The molecule has 3 heterocycles. The third kappa shape index (κ3) is 3.92. The fourth-order valence-corrected chi connectivity index (χ4v) is 3.75. The third-order valence-electron chi connectivity index (χ3n) is 5.58. The van der Waals surface area contributed by atoms with Crippen LogP contribution in [-0.2, 0) is 13.6 Å². The Labute approximate surface area is 140 Å². The number of likely N-dealkylation sites (N-methyl/N-ethyl adjacent to an activating group) is 1. The molecule has 0 spiro atoms. The van der Waals surface area contributed by atoms with Crippen LogP contribution in [0.3, 0.4) is 0 Å². The molecule has 0 bridgehead atoms. The summed E-state index contributed by atoms with van der Waals surface area (Å²) < 4.78 is 2.26. The molecule has 23 heavy (non-hydrogen) atoms. The van der Waals surface area contributed by atoms with Crippen molar-refractivity contribution in [3.05, 3.63) is 11.6 Å². The monoisotopic (exact) mass is 320 g/mol. The molecule has 0 amide bonds. The van der Waals surface area contributed by atoms with E-state index < -0.39 is 0 Å². The van der Waals surface area contributed by atoms with Gasteiger partial charge in [-0.1, -0.05) is 0 Å². The fraction of sp³-hybridized carbons (Fsp3) is 0.882. The summed E-state index contributed by atoms with van der Waals surface area (Å²) in [4.78, 5) is 7.45. The molecule has 130 valence electrons. The molecule has 2 fully saturated rings. The molecular formula is C17H32N6. The Kier molecular flexibility index (Phi) is 5.34. The van der Waals surface area contributed by atoms with Crippen LogP contribution in [0.2, 0.25) is 0 Å². The highest BCUT2D eigenvalue weighted by Crippen LogP contribution is 2.27. The first kappa shape index (κ1) is 16.9. The first-order valence-electron chi connectivity index (χ1n) is 9.07. The molecule has 0 N–H and O–H groups in total. The topological polar surface area (TPSA) is 40.4 Å². The molecule has 0 saturated carbocycles. The minimum atomic E-state index is 0.573. The van der Waals surface area contributed by atoms with Crippen LogP contribution in [0.15, 0.2) is 0 Å². The summed E-state index contributed by atoms with van der Waals surface area (Å²) in [5.74, 6) is 2.89. The van der Waals surface area contributed by atoms with Crippen molar-refractivity contribution in [1.82, 2.24) is 29.5 Å². The molecular weight excluding hydrogens is 288 g/mol. The van der Waals surface area contributed by atoms with E-state index >= 15 is 0 Å². The van der Waals surface area contributed by atoms with Gasteiger partial charge >= 0.3 is 0 Å². The van der Waals surface area contributed by atoms with Crippen LogP contribution in [0.25, 0.3) is 0 Å². The summed E-state index contributed by atoms with van der Waals surface area (Å²) in [6.07, 6.45) is 2.41. The molecule has 2 saturated heterocycles. The molecule has 0 radical (unpaired) electrons. The second-order valence-corrected chi connectivity index (χ2v) is 7.52. The zero-order valence-corrected chi connectivity index (χ0v) is 15.2. The predicted octanol–water partition coefficient (Wildman–Crippen LogP) is 1.15. The van der Waals surface area contributed by atoms with Gasteiger partial charge in [-0.25, -0.2) is 0 Å². The molecule has 0 atom stereocenters. The van der Waals surface area contributed by atoms with Gasteiger partial charge in [-0.3, -0.25) is 4.90 Å². The minimum Gasteiger partial charge on any atom is -0.317 e. The van der Waals surface area contributed by atoms with Crippen molar-refractivity contribution < 1.29 is 0 Å². The summed E-state index contributed by atoms with van der Waals surface area (Å²) in [5.41, 5.74) is 0. The van der Waals surface area contributed by atoms with Crippen LogP contribution in [0.1, 0.15) is 44.3 Å². The lowest BCUT2D eigenvalue weighted by Crippen LogP contribution is -2.44. The van der Waals surface area contributed by atoms with Gasteiger partial charge in [-0.2, -0.15) is 0 Å². The number of likely N-dealkylation sites (tertiary alicyclic amines) is 1. The summed E-state index contributed by atoms with van der Waals surface area (Å²) in [6, 6.07) is 0.656. The van der Waals surface area contributed by atoms with Gasteiger partial charge in [0, 0.05) is 45.2 Å². The summed E-state index contributed by atoms with van der Waals surface area (Å²) in [5, 5.41) is 9.05. The van der Waals surface area contributed by atoms with E-state index in [9.17, 15) is 0 Å². The lowest BCUT2D eigenvalue weighted by Gasteiger charge is -2.34. The van der Waals surface area contributed by atoms with Gasteiger partial charge in [0.25, 0.3) is 0 Å². The Morgan fingerprint density at radius 3 is 2.22 bits per heavy atom. The van der Waals surface area contributed by atoms with Gasteiger partial charge in [0.1, 0.15) is 11.6 Å². The Balaban J connectivity index is 1.59. The van der Waals surface area contributed by atoms with Gasteiger partial charge < -0.3 is 14.4 Å². The molecule has 2 aliphatic heterocycles. The third-order valence-corrected chi connectivity index (χ3v) is 5.58. The predicted molar refractivity (Wildman–Crippen MR) is 92.5 cm³/mol. The normalized spacial score (nSPS) is 23.0. The largest absolute Gasteiger partial charge is 0.317 e. The van der Waals surface area contributed by atoms with Crippen LogP contribution in [0.4, 0.5) is 0 Å². The number of nitrogens with zero attached hydrogens (tertiary/aromatic N) is 6. The van der Waals surface area contributed by atoms with E-state index in [4.69, 9.17) is 0 Å². The van der Waals surface area contributed by atoms with E-state index in [1.54, 1.807) is 0 Å². The molecule has 0 unspecified atom stereocenters. The Bertz CT molecular complexity index is 495. The van der Waals surface area contributed by atoms with E-state index in [0.717, 1.165) is 38.5 Å². The average molecular weight is 320 g/mol. The van der Waals surface area contributed by atoms with Crippen molar-refractivity contribution in [2.24, 2.45) is 7.05 Å². The summed E-state index contributed by atoms with van der Waals surface area (Å²) in [6.45, 7) is 12.4. The highest BCUT2D eigenvalue weighted by atomic mass is 15.3. The number of rotatable bonds is 4. The van der Waals surface area contributed by atoms with Crippen LogP contribution < -0.4 is 0 Å². The molecule has 0 aromatic carbocycles. The van der Waals surface area contributed by atoms with Gasteiger partial charge in [-0.15, -0.1) is 10.2 Å². The quantitative estimate of drug-likeness (QED) is 0.832. The molecule has 3 rings (SSSR count). The second kappa shape index (κ2) is 7.28. The first-order valence-corrected chi connectivity index (χ1v) is 9.07. The number of hydrogen-bond donors (Lipinski definition) is 0. The first-order chi connectivity index (χ1) is 11.0.